The maximum atomic E-state index is 13.1. The van der Waals surface area contributed by atoms with Gasteiger partial charge in [-0.1, -0.05) is 84.4 Å². The van der Waals surface area contributed by atoms with E-state index in [-0.39, 0.29) is 5.91 Å². The number of hydrazone groups is 1. The van der Waals surface area contributed by atoms with Gasteiger partial charge in [0, 0.05) is 5.02 Å². The highest BCUT2D eigenvalue weighted by atomic mass is 127. The fourth-order valence-corrected chi connectivity index (χ4v) is 4.62. The molecule has 0 aromatic heterocycles. The standard InChI is InChI=1S/C29H24ClIN2O3/c1-35-26-17-21(16-25(31)28(26)36-19-20-12-14-24(30)15-13-20)18-32-33-29(34)27(22-8-4-2-5-9-22)23-10-6-3-7-11-23/h2-18,27H,19H2,1H3,(H,33,34)/b32-18+. The summed E-state index contributed by atoms with van der Waals surface area (Å²) in [6.07, 6.45) is 1.60. The van der Waals surface area contributed by atoms with Crippen LogP contribution in [0.15, 0.2) is 102 Å². The lowest BCUT2D eigenvalue weighted by Gasteiger charge is -2.16. The van der Waals surface area contributed by atoms with Gasteiger partial charge in [-0.3, -0.25) is 4.79 Å². The molecule has 0 saturated carbocycles. The number of amides is 1. The summed E-state index contributed by atoms with van der Waals surface area (Å²) in [4.78, 5) is 13.1. The molecule has 4 rings (SSSR count). The van der Waals surface area contributed by atoms with Crippen LogP contribution in [0.1, 0.15) is 28.2 Å². The molecule has 5 nitrogen and oxygen atoms in total. The summed E-state index contributed by atoms with van der Waals surface area (Å²) < 4.78 is 12.4. The number of carbonyl (C=O) groups excluding carboxylic acids is 1. The minimum atomic E-state index is -0.470. The predicted molar refractivity (Wildman–Crippen MR) is 152 cm³/mol. The summed E-state index contributed by atoms with van der Waals surface area (Å²) >= 11 is 8.16. The number of hydrogen-bond acceptors (Lipinski definition) is 4. The lowest BCUT2D eigenvalue weighted by Crippen LogP contribution is -2.26. The van der Waals surface area contributed by atoms with Gasteiger partial charge in [0.05, 0.1) is 22.8 Å². The Morgan fingerprint density at radius 3 is 2.17 bits per heavy atom. The molecular weight excluding hydrogens is 587 g/mol. The van der Waals surface area contributed by atoms with Gasteiger partial charge in [0.25, 0.3) is 5.91 Å². The number of nitrogens with one attached hydrogen (secondary N) is 1. The third-order valence-corrected chi connectivity index (χ3v) is 6.52. The van der Waals surface area contributed by atoms with Gasteiger partial charge in [0.15, 0.2) is 11.5 Å². The van der Waals surface area contributed by atoms with Gasteiger partial charge < -0.3 is 9.47 Å². The highest BCUT2D eigenvalue weighted by molar-refractivity contribution is 14.1. The molecule has 1 N–H and O–H groups in total. The number of nitrogens with zero attached hydrogens (tertiary/aromatic N) is 1. The van der Waals surface area contributed by atoms with Crippen molar-refractivity contribution in [1.29, 1.82) is 0 Å². The van der Waals surface area contributed by atoms with Gasteiger partial charge in [-0.25, -0.2) is 5.43 Å². The number of benzene rings is 4. The number of carbonyl (C=O) groups is 1. The van der Waals surface area contributed by atoms with Crippen molar-refractivity contribution in [3.8, 4) is 11.5 Å². The van der Waals surface area contributed by atoms with Crippen molar-refractivity contribution in [2.24, 2.45) is 5.10 Å². The van der Waals surface area contributed by atoms with E-state index < -0.39 is 5.92 Å². The molecule has 0 spiro atoms. The largest absolute Gasteiger partial charge is 0.493 e. The second kappa shape index (κ2) is 12.6. The van der Waals surface area contributed by atoms with E-state index in [1.54, 1.807) is 13.3 Å². The first-order valence-electron chi connectivity index (χ1n) is 11.2. The maximum Gasteiger partial charge on any atom is 0.252 e. The Morgan fingerprint density at radius 1 is 0.972 bits per heavy atom. The van der Waals surface area contributed by atoms with Crippen LogP contribution in [-0.4, -0.2) is 19.2 Å². The second-order valence-corrected chi connectivity index (χ2v) is 9.54. The van der Waals surface area contributed by atoms with Crippen molar-refractivity contribution in [2.75, 3.05) is 7.11 Å². The van der Waals surface area contributed by atoms with Crippen LogP contribution in [0, 0.1) is 3.57 Å². The van der Waals surface area contributed by atoms with E-state index >= 15 is 0 Å². The van der Waals surface area contributed by atoms with Gasteiger partial charge in [-0.05, 0) is 69.1 Å². The maximum absolute atomic E-state index is 13.1. The zero-order valence-electron chi connectivity index (χ0n) is 19.5. The Kier molecular flexibility index (Phi) is 8.97. The molecule has 36 heavy (non-hydrogen) atoms. The van der Waals surface area contributed by atoms with Gasteiger partial charge in [-0.15, -0.1) is 0 Å². The molecule has 0 fully saturated rings. The number of halogens is 2. The first-order valence-corrected chi connectivity index (χ1v) is 12.7. The van der Waals surface area contributed by atoms with E-state index in [9.17, 15) is 4.79 Å². The minimum Gasteiger partial charge on any atom is -0.493 e. The van der Waals surface area contributed by atoms with Crippen LogP contribution in [-0.2, 0) is 11.4 Å². The van der Waals surface area contributed by atoms with Crippen LogP contribution in [0.3, 0.4) is 0 Å². The molecule has 0 unspecified atom stereocenters. The summed E-state index contributed by atoms with van der Waals surface area (Å²) in [5, 5.41) is 4.91. The molecule has 4 aromatic carbocycles. The SMILES string of the molecule is COc1cc(/C=N/NC(=O)C(c2ccccc2)c2ccccc2)cc(I)c1OCc1ccc(Cl)cc1. The van der Waals surface area contributed by atoms with Crippen LogP contribution in [0.25, 0.3) is 0 Å². The van der Waals surface area contributed by atoms with Crippen molar-refractivity contribution in [1.82, 2.24) is 5.43 Å². The zero-order valence-corrected chi connectivity index (χ0v) is 22.4. The van der Waals surface area contributed by atoms with Crippen molar-refractivity contribution < 1.29 is 14.3 Å². The molecule has 0 aliphatic heterocycles. The van der Waals surface area contributed by atoms with Crippen LogP contribution < -0.4 is 14.9 Å². The summed E-state index contributed by atoms with van der Waals surface area (Å²) in [6.45, 7) is 0.382. The van der Waals surface area contributed by atoms with E-state index in [1.165, 1.54) is 0 Å². The highest BCUT2D eigenvalue weighted by Gasteiger charge is 2.22. The van der Waals surface area contributed by atoms with Crippen molar-refractivity contribution in [2.45, 2.75) is 12.5 Å². The number of rotatable bonds is 9. The zero-order chi connectivity index (χ0) is 25.3. The van der Waals surface area contributed by atoms with E-state index in [1.807, 2.05) is 97.1 Å². The first-order chi connectivity index (χ1) is 17.5. The van der Waals surface area contributed by atoms with Crippen molar-refractivity contribution in [3.63, 3.8) is 0 Å². The Bertz CT molecular complexity index is 1290. The third-order valence-electron chi connectivity index (χ3n) is 5.46. The average Bonchev–Trinajstić information content (AvgIpc) is 2.90. The third kappa shape index (κ3) is 6.65. The van der Waals surface area contributed by atoms with E-state index in [2.05, 4.69) is 33.1 Å². The quantitative estimate of drug-likeness (QED) is 0.129. The fourth-order valence-electron chi connectivity index (χ4n) is 3.71. The predicted octanol–water partition coefficient (Wildman–Crippen LogP) is 6.81. The molecular formula is C29H24ClIN2O3. The molecule has 0 aliphatic carbocycles. The van der Waals surface area contributed by atoms with Gasteiger partial charge in [0.2, 0.25) is 0 Å². The second-order valence-electron chi connectivity index (χ2n) is 7.94. The Hall–Kier alpha value is -3.36. The van der Waals surface area contributed by atoms with Crippen LogP contribution in [0.4, 0.5) is 0 Å². The normalized spacial score (nSPS) is 11.0. The average molecular weight is 611 g/mol. The smallest absolute Gasteiger partial charge is 0.252 e. The number of ether oxygens (including phenoxy) is 2. The van der Waals surface area contributed by atoms with Crippen LogP contribution in [0.2, 0.25) is 5.02 Å². The number of methoxy groups -OCH3 is 1. The molecule has 7 heteroatoms. The summed E-state index contributed by atoms with van der Waals surface area (Å²) in [5.74, 6) is 0.536. The van der Waals surface area contributed by atoms with Gasteiger partial charge in [0.1, 0.15) is 6.61 Å². The molecule has 0 bridgehead atoms. The van der Waals surface area contributed by atoms with Crippen LogP contribution >= 0.6 is 34.2 Å². The number of hydrogen-bond donors (Lipinski definition) is 1. The van der Waals surface area contributed by atoms with Crippen LogP contribution in [0.5, 0.6) is 11.5 Å². The monoisotopic (exact) mass is 610 g/mol. The summed E-state index contributed by atoms with van der Waals surface area (Å²) in [7, 11) is 1.59. The molecule has 182 valence electrons. The van der Waals surface area contributed by atoms with Crippen molar-refractivity contribution in [3.05, 3.63) is 128 Å². The molecule has 0 radical (unpaired) electrons. The van der Waals surface area contributed by atoms with Crippen molar-refractivity contribution >= 4 is 46.3 Å². The van der Waals surface area contributed by atoms with E-state index in [4.69, 9.17) is 21.1 Å². The summed E-state index contributed by atoms with van der Waals surface area (Å²) in [5.41, 5.74) is 6.26. The lowest BCUT2D eigenvalue weighted by molar-refractivity contribution is -0.121. The van der Waals surface area contributed by atoms with Gasteiger partial charge >= 0.3 is 0 Å². The molecule has 4 aromatic rings. The Morgan fingerprint density at radius 2 is 1.58 bits per heavy atom. The van der Waals surface area contributed by atoms with E-state index in [0.29, 0.717) is 23.1 Å². The molecule has 0 atom stereocenters. The highest BCUT2D eigenvalue weighted by Crippen LogP contribution is 2.34. The van der Waals surface area contributed by atoms with E-state index in [0.717, 1.165) is 25.8 Å². The summed E-state index contributed by atoms with van der Waals surface area (Å²) in [6, 6.07) is 30.6. The molecule has 0 heterocycles. The fraction of sp³-hybridized carbons (Fsp3) is 0.103. The first kappa shape index (κ1) is 25.7. The molecule has 1 amide bonds. The Labute approximate surface area is 229 Å². The topological polar surface area (TPSA) is 59.9 Å². The van der Waals surface area contributed by atoms with Gasteiger partial charge in [-0.2, -0.15) is 5.10 Å². The Balaban J connectivity index is 1.48. The minimum absolute atomic E-state index is 0.215. The molecule has 0 saturated heterocycles. The lowest BCUT2D eigenvalue weighted by atomic mass is 9.91. The molecule has 0 aliphatic rings.